The Balaban J connectivity index is 1.78. The molecule has 176 valence electrons. The van der Waals surface area contributed by atoms with Crippen molar-refractivity contribution < 1.29 is 4.79 Å². The summed E-state index contributed by atoms with van der Waals surface area (Å²) >= 11 is 0. The predicted molar refractivity (Wildman–Crippen MR) is 137 cm³/mol. The lowest BCUT2D eigenvalue weighted by Crippen LogP contribution is -2.40. The number of H-pyrrole nitrogens is 2. The highest BCUT2D eigenvalue weighted by molar-refractivity contribution is 6.14. The number of unbranched alkanes of at least 4 members (excludes halogenated alkanes) is 1. The lowest BCUT2D eigenvalue weighted by molar-refractivity contribution is 0.100. The van der Waals surface area contributed by atoms with Gasteiger partial charge in [-0.25, -0.2) is 4.79 Å². The van der Waals surface area contributed by atoms with E-state index in [1.165, 1.54) is 4.57 Å². The highest BCUT2D eigenvalue weighted by Crippen LogP contribution is 2.31. The van der Waals surface area contributed by atoms with E-state index in [4.69, 9.17) is 5.73 Å². The molecular weight excluding hydrogens is 430 g/mol. The van der Waals surface area contributed by atoms with E-state index in [1.807, 2.05) is 68.4 Å². The standard InChI is InChI=1S/C26H29N5O3/c1-3-5-15-31-24(27)23(25(33)29-26(31)34)30(4-2)16-20(32)21-18-13-9-10-14-19(18)28-22(21)17-11-7-6-8-12-17/h6-14,28H,3-5,15-16,27H2,1-2H3,(H,29,33,34). The molecule has 4 N–H and O–H groups in total. The van der Waals surface area contributed by atoms with E-state index in [0.717, 1.165) is 35.0 Å². The first-order valence-corrected chi connectivity index (χ1v) is 11.5. The number of carbonyl (C=O) groups excluding carboxylic acids is 1. The molecule has 0 saturated carbocycles. The van der Waals surface area contributed by atoms with Crippen LogP contribution in [0.2, 0.25) is 0 Å². The normalized spacial score (nSPS) is 11.1. The summed E-state index contributed by atoms with van der Waals surface area (Å²) in [5.74, 6) is -0.0673. The van der Waals surface area contributed by atoms with Crippen LogP contribution in [0.1, 0.15) is 37.0 Å². The summed E-state index contributed by atoms with van der Waals surface area (Å²) in [6.07, 6.45) is 1.62. The fourth-order valence-electron chi connectivity index (χ4n) is 4.28. The lowest BCUT2D eigenvalue weighted by atomic mass is 10.0. The van der Waals surface area contributed by atoms with E-state index in [0.29, 0.717) is 18.7 Å². The van der Waals surface area contributed by atoms with Crippen LogP contribution >= 0.6 is 0 Å². The van der Waals surface area contributed by atoms with E-state index >= 15 is 0 Å². The number of nitrogens with two attached hydrogens (primary N) is 1. The van der Waals surface area contributed by atoms with Gasteiger partial charge < -0.3 is 15.6 Å². The smallest absolute Gasteiger partial charge is 0.330 e. The third kappa shape index (κ3) is 4.26. The first kappa shape index (κ1) is 23.1. The molecule has 8 nitrogen and oxygen atoms in total. The Morgan fingerprint density at radius 1 is 1.00 bits per heavy atom. The topological polar surface area (TPSA) is 117 Å². The van der Waals surface area contributed by atoms with Gasteiger partial charge in [0.25, 0.3) is 5.56 Å². The van der Waals surface area contributed by atoms with Crippen molar-refractivity contribution in [3.8, 4) is 11.3 Å². The molecule has 2 heterocycles. The molecule has 0 saturated heterocycles. The van der Waals surface area contributed by atoms with Crippen LogP contribution in [0.4, 0.5) is 11.5 Å². The average Bonchev–Trinajstić information content (AvgIpc) is 3.23. The number of nitrogens with one attached hydrogen (secondary N) is 2. The van der Waals surface area contributed by atoms with Crippen LogP contribution in [-0.4, -0.2) is 33.4 Å². The van der Waals surface area contributed by atoms with Gasteiger partial charge in [0.1, 0.15) is 11.5 Å². The summed E-state index contributed by atoms with van der Waals surface area (Å²) < 4.78 is 1.37. The van der Waals surface area contributed by atoms with Gasteiger partial charge in [0.2, 0.25) is 0 Å². The second kappa shape index (κ2) is 9.82. The molecule has 0 amide bonds. The molecule has 0 aliphatic carbocycles. The summed E-state index contributed by atoms with van der Waals surface area (Å²) in [4.78, 5) is 46.2. The fraction of sp³-hybridized carbons (Fsp3) is 0.269. The first-order valence-electron chi connectivity index (χ1n) is 11.5. The van der Waals surface area contributed by atoms with Crippen LogP contribution in [0.15, 0.2) is 64.2 Å². The molecule has 0 bridgehead atoms. The van der Waals surface area contributed by atoms with Gasteiger partial charge in [-0.15, -0.1) is 0 Å². The predicted octanol–water partition coefficient (Wildman–Crippen LogP) is 3.78. The molecule has 8 heteroatoms. The number of para-hydroxylation sites is 1. The van der Waals surface area contributed by atoms with Gasteiger partial charge in [-0.3, -0.25) is 19.1 Å². The van der Waals surface area contributed by atoms with Crippen LogP contribution < -0.4 is 21.9 Å². The number of nitrogens with zero attached hydrogens (tertiary/aromatic N) is 2. The van der Waals surface area contributed by atoms with Gasteiger partial charge >= 0.3 is 5.69 Å². The molecule has 0 unspecified atom stereocenters. The second-order valence-electron chi connectivity index (χ2n) is 8.22. The van der Waals surface area contributed by atoms with Crippen molar-refractivity contribution in [2.45, 2.75) is 33.2 Å². The number of fused-ring (bicyclic) bond motifs is 1. The molecule has 0 radical (unpaired) electrons. The summed E-state index contributed by atoms with van der Waals surface area (Å²) in [6, 6.07) is 17.3. The number of aromatic amines is 2. The molecule has 0 atom stereocenters. The van der Waals surface area contributed by atoms with Crippen LogP contribution in [-0.2, 0) is 6.54 Å². The van der Waals surface area contributed by atoms with E-state index in [1.54, 1.807) is 4.90 Å². The number of carbonyl (C=O) groups is 1. The molecule has 0 aliphatic rings. The average molecular weight is 460 g/mol. The number of aromatic nitrogens is 3. The zero-order valence-electron chi connectivity index (χ0n) is 19.4. The monoisotopic (exact) mass is 459 g/mol. The quantitative estimate of drug-likeness (QED) is 0.329. The fourth-order valence-corrected chi connectivity index (χ4v) is 4.28. The molecule has 4 rings (SSSR count). The number of ketones is 1. The summed E-state index contributed by atoms with van der Waals surface area (Å²) in [5, 5.41) is 0.817. The molecule has 0 spiro atoms. The minimum atomic E-state index is -0.591. The zero-order valence-corrected chi connectivity index (χ0v) is 19.4. The summed E-state index contributed by atoms with van der Waals surface area (Å²) in [6.45, 7) is 4.57. The first-order chi connectivity index (χ1) is 16.5. The van der Waals surface area contributed by atoms with Crippen molar-refractivity contribution in [3.05, 3.63) is 81.0 Å². The van der Waals surface area contributed by atoms with Crippen LogP contribution in [0.5, 0.6) is 0 Å². The van der Waals surface area contributed by atoms with Gasteiger partial charge in [0.15, 0.2) is 5.78 Å². The minimum Gasteiger partial charge on any atom is -0.383 e. The number of rotatable bonds is 9. The Morgan fingerprint density at radius 3 is 2.41 bits per heavy atom. The van der Waals surface area contributed by atoms with Gasteiger partial charge in [0.05, 0.1) is 17.8 Å². The molecule has 2 aromatic carbocycles. The van der Waals surface area contributed by atoms with Gasteiger partial charge in [-0.05, 0) is 25.0 Å². The number of hydrogen-bond acceptors (Lipinski definition) is 5. The van der Waals surface area contributed by atoms with E-state index < -0.39 is 11.2 Å². The number of benzene rings is 2. The molecule has 0 fully saturated rings. The van der Waals surface area contributed by atoms with Gasteiger partial charge in [-0.2, -0.15) is 0 Å². The number of nitrogen functional groups attached to an aromatic ring is 1. The van der Waals surface area contributed by atoms with E-state index in [-0.39, 0.29) is 23.8 Å². The maximum Gasteiger partial charge on any atom is 0.330 e. The van der Waals surface area contributed by atoms with Crippen LogP contribution in [0, 0.1) is 0 Å². The van der Waals surface area contributed by atoms with Crippen molar-refractivity contribution in [1.29, 1.82) is 0 Å². The molecular formula is C26H29N5O3. The van der Waals surface area contributed by atoms with Gasteiger partial charge in [-0.1, -0.05) is 61.9 Å². The zero-order chi connectivity index (χ0) is 24.2. The van der Waals surface area contributed by atoms with Crippen LogP contribution in [0.25, 0.3) is 22.2 Å². The number of anilines is 2. The van der Waals surface area contributed by atoms with Crippen molar-refractivity contribution in [1.82, 2.24) is 14.5 Å². The molecule has 4 aromatic rings. The summed E-state index contributed by atoms with van der Waals surface area (Å²) in [5.41, 5.74) is 8.37. The maximum absolute atomic E-state index is 13.7. The van der Waals surface area contributed by atoms with Gasteiger partial charge in [0, 0.05) is 24.0 Å². The Hall–Kier alpha value is -4.07. The highest BCUT2D eigenvalue weighted by Gasteiger charge is 2.24. The SMILES string of the molecule is CCCCn1c(N)c(N(CC)CC(=O)c2c(-c3ccccc3)[nH]c3ccccc23)c(=O)[nH]c1=O. The lowest BCUT2D eigenvalue weighted by Gasteiger charge is -2.24. The molecule has 34 heavy (non-hydrogen) atoms. The Morgan fingerprint density at radius 2 is 1.71 bits per heavy atom. The summed E-state index contributed by atoms with van der Waals surface area (Å²) in [7, 11) is 0. The molecule has 0 aliphatic heterocycles. The number of likely N-dealkylation sites (N-methyl/N-ethyl adjacent to an activating group) is 1. The largest absolute Gasteiger partial charge is 0.383 e. The number of hydrogen-bond donors (Lipinski definition) is 3. The molecule has 2 aromatic heterocycles. The van der Waals surface area contributed by atoms with E-state index in [9.17, 15) is 14.4 Å². The Kier molecular flexibility index (Phi) is 6.67. The minimum absolute atomic E-state index is 0.0581. The van der Waals surface area contributed by atoms with Crippen LogP contribution in [0.3, 0.4) is 0 Å². The Bertz CT molecular complexity index is 1430. The second-order valence-corrected chi connectivity index (χ2v) is 8.22. The van der Waals surface area contributed by atoms with Crippen molar-refractivity contribution in [2.75, 3.05) is 23.7 Å². The number of Topliss-reactive ketones (excluding diaryl/α,β-unsaturated/α-hetero) is 1. The Labute approximate surface area is 197 Å². The maximum atomic E-state index is 13.7. The van der Waals surface area contributed by atoms with Crippen molar-refractivity contribution >= 4 is 28.2 Å². The van der Waals surface area contributed by atoms with Crippen molar-refractivity contribution in [3.63, 3.8) is 0 Å². The third-order valence-corrected chi connectivity index (χ3v) is 6.03. The van der Waals surface area contributed by atoms with E-state index in [2.05, 4.69) is 9.97 Å². The highest BCUT2D eigenvalue weighted by atomic mass is 16.2. The van der Waals surface area contributed by atoms with Crippen molar-refractivity contribution in [2.24, 2.45) is 0 Å². The third-order valence-electron chi connectivity index (χ3n) is 6.03.